The zero-order valence-electron chi connectivity index (χ0n) is 19.9. The molecule has 0 radical (unpaired) electrons. The normalized spacial score (nSPS) is 19.3. The van der Waals surface area contributed by atoms with E-state index in [1.165, 1.54) is 15.2 Å². The number of rotatable bonds is 6. The summed E-state index contributed by atoms with van der Waals surface area (Å²) in [4.78, 5) is 15.0. The lowest BCUT2D eigenvalue weighted by atomic mass is 9.87. The van der Waals surface area contributed by atoms with Crippen molar-refractivity contribution in [2.24, 2.45) is 7.05 Å². The van der Waals surface area contributed by atoms with Gasteiger partial charge in [-0.3, -0.25) is 14.4 Å². The van der Waals surface area contributed by atoms with Crippen molar-refractivity contribution in [3.8, 4) is 0 Å². The third-order valence-electron chi connectivity index (χ3n) is 6.64. The lowest BCUT2D eigenvalue weighted by Crippen LogP contribution is -2.63. The zero-order valence-corrected chi connectivity index (χ0v) is 22.3. The summed E-state index contributed by atoms with van der Waals surface area (Å²) in [6, 6.07) is 2.62. The molecule has 2 aromatic rings. The monoisotopic (exact) mass is 586 g/mol. The van der Waals surface area contributed by atoms with Gasteiger partial charge in [0.1, 0.15) is 0 Å². The molecule has 0 spiro atoms. The average molecular weight is 587 g/mol. The van der Waals surface area contributed by atoms with Crippen molar-refractivity contribution in [3.63, 3.8) is 0 Å². The quantitative estimate of drug-likeness (QED) is 0.552. The Balaban J connectivity index is 0.00000380. The maximum Gasteiger partial charge on any atom is 0.416 e. The summed E-state index contributed by atoms with van der Waals surface area (Å²) < 4.78 is 72.7. The second-order valence-electron chi connectivity index (χ2n) is 8.83. The number of halogens is 5. The number of piperazine rings is 1. The second-order valence-corrected chi connectivity index (χ2v) is 11.1. The van der Waals surface area contributed by atoms with E-state index in [1.807, 2.05) is 0 Å². The maximum absolute atomic E-state index is 12.9. The van der Waals surface area contributed by atoms with Crippen LogP contribution in [0.4, 0.5) is 13.2 Å². The Kier molecular flexibility index (Phi) is 9.13. The first-order valence-corrected chi connectivity index (χ1v) is 13.1. The molecule has 37 heavy (non-hydrogen) atoms. The van der Waals surface area contributed by atoms with E-state index in [0.717, 1.165) is 18.2 Å². The van der Waals surface area contributed by atoms with Crippen molar-refractivity contribution >= 4 is 39.9 Å². The van der Waals surface area contributed by atoms with E-state index >= 15 is 0 Å². The van der Waals surface area contributed by atoms with Gasteiger partial charge in [0.25, 0.3) is 15.9 Å². The molecule has 0 bridgehead atoms. The van der Waals surface area contributed by atoms with Gasteiger partial charge in [0.05, 0.1) is 22.3 Å². The summed E-state index contributed by atoms with van der Waals surface area (Å²) >= 11 is 5.98. The first kappa shape index (κ1) is 29.6. The number of ether oxygens (including phenoxy) is 1. The summed E-state index contributed by atoms with van der Waals surface area (Å²) in [5.41, 5.74) is -1.47. The van der Waals surface area contributed by atoms with Gasteiger partial charge >= 0.3 is 6.18 Å². The Hall–Kier alpha value is -1.97. The number of benzene rings is 1. The van der Waals surface area contributed by atoms with Crippen molar-refractivity contribution in [2.75, 3.05) is 45.9 Å². The number of aromatic nitrogens is 3. The third kappa shape index (κ3) is 6.37. The van der Waals surface area contributed by atoms with Crippen molar-refractivity contribution in [1.82, 2.24) is 29.5 Å². The van der Waals surface area contributed by atoms with Crippen LogP contribution >= 0.6 is 24.0 Å². The number of hydrogen-bond donors (Lipinski definition) is 1. The molecule has 10 nitrogen and oxygen atoms in total. The van der Waals surface area contributed by atoms with E-state index < -0.39 is 33.2 Å². The molecule has 0 saturated carbocycles. The number of hydrogen-bond acceptors (Lipinski definition) is 7. The first-order chi connectivity index (χ1) is 16.9. The molecule has 1 aromatic carbocycles. The molecule has 2 aliphatic heterocycles. The number of alkyl halides is 3. The van der Waals surface area contributed by atoms with Crippen LogP contribution < -0.4 is 5.32 Å². The number of carbonyl (C=O) groups excluding carboxylic acids is 1. The molecule has 2 aliphatic rings. The molecule has 0 aliphatic carbocycles. The first-order valence-electron chi connectivity index (χ1n) is 11.3. The number of nitrogens with one attached hydrogen (secondary N) is 1. The van der Waals surface area contributed by atoms with E-state index in [1.54, 1.807) is 7.05 Å². The molecule has 2 fully saturated rings. The average Bonchev–Trinajstić information content (AvgIpc) is 3.30. The number of amides is 1. The largest absolute Gasteiger partial charge is 0.416 e. The number of carbonyl (C=O) groups is 1. The summed E-state index contributed by atoms with van der Waals surface area (Å²) in [6.07, 6.45) is -2.01. The molecule has 1 N–H and O–H groups in total. The zero-order chi connectivity index (χ0) is 26.1. The smallest absolute Gasteiger partial charge is 0.381 e. The lowest BCUT2D eigenvalue weighted by molar-refractivity contribution is -0.137. The van der Waals surface area contributed by atoms with Crippen LogP contribution in [0.3, 0.4) is 0 Å². The predicted molar refractivity (Wildman–Crippen MR) is 130 cm³/mol. The minimum absolute atomic E-state index is 0. The summed E-state index contributed by atoms with van der Waals surface area (Å²) in [5.74, 6) is -0.580. The summed E-state index contributed by atoms with van der Waals surface area (Å²) in [5, 5.41) is 9.84. The summed E-state index contributed by atoms with van der Waals surface area (Å²) in [7, 11) is -2.18. The van der Waals surface area contributed by atoms with E-state index in [-0.39, 0.29) is 47.7 Å². The molecule has 1 amide bonds. The molecule has 3 heterocycles. The van der Waals surface area contributed by atoms with Gasteiger partial charge in [-0.2, -0.15) is 17.5 Å². The van der Waals surface area contributed by atoms with Crippen LogP contribution in [-0.2, 0) is 28.0 Å². The Bertz CT molecular complexity index is 1210. The highest BCUT2D eigenvalue weighted by Crippen LogP contribution is 2.33. The fourth-order valence-electron chi connectivity index (χ4n) is 4.55. The van der Waals surface area contributed by atoms with Gasteiger partial charge in [0.2, 0.25) is 5.03 Å². The topological polar surface area (TPSA) is 110 Å². The van der Waals surface area contributed by atoms with Crippen molar-refractivity contribution in [3.05, 3.63) is 40.5 Å². The minimum atomic E-state index is -4.56. The fraction of sp³-hybridized carbons (Fsp3) is 0.571. The van der Waals surface area contributed by atoms with Crippen LogP contribution in [0.2, 0.25) is 5.02 Å². The molecule has 0 unspecified atom stereocenters. The van der Waals surface area contributed by atoms with Crippen LogP contribution in [-0.4, -0.2) is 90.0 Å². The van der Waals surface area contributed by atoms with Crippen LogP contribution in [0, 0.1) is 0 Å². The van der Waals surface area contributed by atoms with Crippen molar-refractivity contribution in [1.29, 1.82) is 0 Å². The Morgan fingerprint density at radius 2 is 1.84 bits per heavy atom. The SMILES string of the molecule is Cl.Cn1cc(S(=O)(=O)N2CCN(C3(CNC(=O)c4ccc(C(F)(F)F)cc4Cl)CCOCC3)CC2)nn1. The number of aryl methyl sites for hydroxylation is 1. The highest BCUT2D eigenvalue weighted by atomic mass is 35.5. The summed E-state index contributed by atoms with van der Waals surface area (Å²) in [6.45, 7) is 2.47. The highest BCUT2D eigenvalue weighted by molar-refractivity contribution is 7.89. The Labute approximate surface area is 223 Å². The molecular weight excluding hydrogens is 560 g/mol. The van der Waals surface area contributed by atoms with Gasteiger partial charge < -0.3 is 10.1 Å². The van der Waals surface area contributed by atoms with Crippen LogP contribution in [0.15, 0.2) is 29.4 Å². The van der Waals surface area contributed by atoms with Gasteiger partial charge in [-0.15, -0.1) is 17.5 Å². The highest BCUT2D eigenvalue weighted by Gasteiger charge is 2.42. The van der Waals surface area contributed by atoms with Crippen molar-refractivity contribution in [2.45, 2.75) is 29.6 Å². The maximum atomic E-state index is 12.9. The Morgan fingerprint density at radius 3 is 2.38 bits per heavy atom. The van der Waals surface area contributed by atoms with Gasteiger partial charge in [0.15, 0.2) is 0 Å². The molecular formula is C21H27Cl2F3N6O4S. The lowest BCUT2D eigenvalue weighted by Gasteiger charge is -2.49. The number of nitrogens with zero attached hydrogens (tertiary/aromatic N) is 5. The molecule has 4 rings (SSSR count). The standard InChI is InChI=1S/C21H26ClF3N6O4S.ClH/c1-29-13-18(27-28-29)36(33,34)31-8-6-30(7-9-31)20(4-10-35-11-5-20)14-26-19(32)16-3-2-15(12-17(16)22)21(23,24)25;/h2-3,12-13H,4-11,14H2,1H3,(H,26,32);1H. The van der Waals surface area contributed by atoms with E-state index in [0.29, 0.717) is 39.1 Å². The van der Waals surface area contributed by atoms with E-state index in [4.69, 9.17) is 16.3 Å². The molecule has 16 heteroatoms. The van der Waals surface area contributed by atoms with E-state index in [2.05, 4.69) is 20.5 Å². The molecule has 0 atom stereocenters. The third-order valence-corrected chi connectivity index (χ3v) is 8.71. The predicted octanol–water partition coefficient (Wildman–Crippen LogP) is 2.19. The fourth-order valence-corrected chi connectivity index (χ4v) is 6.15. The van der Waals surface area contributed by atoms with Gasteiger partial charge in [-0.1, -0.05) is 16.8 Å². The van der Waals surface area contributed by atoms with Crippen LogP contribution in [0.25, 0.3) is 0 Å². The molecule has 206 valence electrons. The molecule has 1 aromatic heterocycles. The van der Waals surface area contributed by atoms with Crippen LogP contribution in [0.1, 0.15) is 28.8 Å². The van der Waals surface area contributed by atoms with Crippen LogP contribution in [0.5, 0.6) is 0 Å². The van der Waals surface area contributed by atoms with Crippen molar-refractivity contribution < 1.29 is 31.1 Å². The second kappa shape index (κ2) is 11.4. The van der Waals surface area contributed by atoms with Gasteiger partial charge in [-0.05, 0) is 31.0 Å². The van der Waals surface area contributed by atoms with E-state index in [9.17, 15) is 26.4 Å². The molecule has 2 saturated heterocycles. The minimum Gasteiger partial charge on any atom is -0.381 e. The Morgan fingerprint density at radius 1 is 1.19 bits per heavy atom. The number of sulfonamides is 1. The van der Waals surface area contributed by atoms with Gasteiger partial charge in [-0.25, -0.2) is 8.42 Å². The van der Waals surface area contributed by atoms with Gasteiger partial charge in [0, 0.05) is 58.5 Å².